The molecule has 0 spiro atoms. The molecule has 0 bridgehead atoms. The highest BCUT2D eigenvalue weighted by atomic mass is 32.2. The normalized spacial score (nSPS) is 11.9. The summed E-state index contributed by atoms with van der Waals surface area (Å²) >= 11 is 1.36. The highest BCUT2D eigenvalue weighted by molar-refractivity contribution is 8.00. The van der Waals surface area contributed by atoms with Gasteiger partial charge in [-0.05, 0) is 19.1 Å². The number of aliphatic carboxylic acids is 1. The Morgan fingerprint density at radius 2 is 1.95 bits per heavy atom. The van der Waals surface area contributed by atoms with Crippen molar-refractivity contribution in [1.29, 1.82) is 0 Å². The van der Waals surface area contributed by atoms with Gasteiger partial charge in [-0.1, -0.05) is 25.1 Å². The molecule has 1 unspecified atom stereocenters. The van der Waals surface area contributed by atoms with E-state index >= 15 is 0 Å². The zero-order chi connectivity index (χ0) is 14.3. The maximum absolute atomic E-state index is 12.1. The second-order valence-corrected chi connectivity index (χ2v) is 5.26. The second kappa shape index (κ2) is 7.84. The summed E-state index contributed by atoms with van der Waals surface area (Å²) in [6, 6.07) is 9.48. The van der Waals surface area contributed by atoms with Gasteiger partial charge in [0.05, 0.1) is 11.7 Å². The number of hydrogen-bond acceptors (Lipinski definition) is 3. The number of hydrogen-bond donors (Lipinski definition) is 1. The van der Waals surface area contributed by atoms with Gasteiger partial charge in [0.25, 0.3) is 0 Å². The van der Waals surface area contributed by atoms with E-state index in [-0.39, 0.29) is 5.91 Å². The fraction of sp³-hybridized carbons (Fsp3) is 0.429. The first-order valence-electron chi connectivity index (χ1n) is 6.22. The maximum Gasteiger partial charge on any atom is 0.307 e. The van der Waals surface area contributed by atoms with Gasteiger partial charge < -0.3 is 10.0 Å². The second-order valence-electron chi connectivity index (χ2n) is 4.23. The molecule has 1 amide bonds. The van der Waals surface area contributed by atoms with Gasteiger partial charge in [0.2, 0.25) is 5.91 Å². The van der Waals surface area contributed by atoms with E-state index in [4.69, 9.17) is 5.11 Å². The molecule has 1 atom stereocenters. The molecule has 5 heteroatoms. The lowest BCUT2D eigenvalue weighted by molar-refractivity contribution is -0.140. The minimum absolute atomic E-state index is 0.0105. The topological polar surface area (TPSA) is 57.6 Å². The first-order valence-corrected chi connectivity index (χ1v) is 7.37. The highest BCUT2D eigenvalue weighted by Gasteiger charge is 2.16. The molecular weight excluding hydrogens is 262 g/mol. The number of benzene rings is 1. The van der Waals surface area contributed by atoms with Crippen LogP contribution < -0.4 is 4.90 Å². The predicted octanol–water partition coefficient (Wildman–Crippen LogP) is 2.49. The summed E-state index contributed by atoms with van der Waals surface area (Å²) in [6.45, 7) is 4.18. The molecule has 0 aliphatic rings. The van der Waals surface area contributed by atoms with Crippen molar-refractivity contribution in [2.24, 2.45) is 5.92 Å². The number of anilines is 1. The van der Waals surface area contributed by atoms with Gasteiger partial charge in [-0.25, -0.2) is 0 Å². The number of carboxylic acid groups (broad SMARTS) is 1. The van der Waals surface area contributed by atoms with E-state index in [0.717, 1.165) is 5.69 Å². The monoisotopic (exact) mass is 281 g/mol. The van der Waals surface area contributed by atoms with Crippen LogP contribution in [0, 0.1) is 5.92 Å². The Labute approximate surface area is 117 Å². The third-order valence-electron chi connectivity index (χ3n) is 2.70. The standard InChI is InChI=1S/C14H19NO3S/c1-3-15(12-7-5-4-6-8-12)13(16)10-19-9-11(2)14(17)18/h4-8,11H,3,9-10H2,1-2H3,(H,17,18). The molecule has 104 valence electrons. The summed E-state index contributed by atoms with van der Waals surface area (Å²) in [6.07, 6.45) is 0. The summed E-state index contributed by atoms with van der Waals surface area (Å²) in [5.41, 5.74) is 0.877. The summed E-state index contributed by atoms with van der Waals surface area (Å²) in [7, 11) is 0. The minimum Gasteiger partial charge on any atom is -0.481 e. The maximum atomic E-state index is 12.1. The average molecular weight is 281 g/mol. The number of carbonyl (C=O) groups excluding carboxylic acids is 1. The Morgan fingerprint density at radius 3 is 2.47 bits per heavy atom. The van der Waals surface area contributed by atoms with Crippen LogP contribution in [0.25, 0.3) is 0 Å². The molecule has 0 fully saturated rings. The van der Waals surface area contributed by atoms with Gasteiger partial charge in [0.15, 0.2) is 0 Å². The number of carboxylic acids is 1. The fourth-order valence-electron chi connectivity index (χ4n) is 1.58. The van der Waals surface area contributed by atoms with Gasteiger partial charge in [0.1, 0.15) is 0 Å². The van der Waals surface area contributed by atoms with Crippen LogP contribution in [0.1, 0.15) is 13.8 Å². The summed E-state index contributed by atoms with van der Waals surface area (Å²) < 4.78 is 0. The van der Waals surface area contributed by atoms with Gasteiger partial charge in [-0.2, -0.15) is 11.8 Å². The molecular formula is C14H19NO3S. The SMILES string of the molecule is CCN(C(=O)CSCC(C)C(=O)O)c1ccccc1. The third kappa shape index (κ3) is 4.95. The Morgan fingerprint density at radius 1 is 1.32 bits per heavy atom. The zero-order valence-electron chi connectivity index (χ0n) is 11.2. The molecule has 1 aromatic carbocycles. The quantitative estimate of drug-likeness (QED) is 0.834. The molecule has 0 saturated carbocycles. The number of amides is 1. The number of carbonyl (C=O) groups is 2. The molecule has 0 aromatic heterocycles. The summed E-state index contributed by atoms with van der Waals surface area (Å²) in [5.74, 6) is -0.482. The van der Waals surface area contributed by atoms with Crippen LogP contribution in [0.4, 0.5) is 5.69 Å². The van der Waals surface area contributed by atoms with E-state index in [1.807, 2.05) is 37.3 Å². The first kappa shape index (κ1) is 15.6. The Bertz CT molecular complexity index is 422. The lowest BCUT2D eigenvalue weighted by Gasteiger charge is -2.21. The molecule has 0 aliphatic heterocycles. The summed E-state index contributed by atoms with van der Waals surface area (Å²) in [5, 5.41) is 8.77. The zero-order valence-corrected chi connectivity index (χ0v) is 12.0. The van der Waals surface area contributed by atoms with Crippen molar-refractivity contribution in [3.8, 4) is 0 Å². The first-order chi connectivity index (χ1) is 9.06. The van der Waals surface area contributed by atoms with E-state index in [9.17, 15) is 9.59 Å². The smallest absolute Gasteiger partial charge is 0.307 e. The number of rotatable bonds is 7. The highest BCUT2D eigenvalue weighted by Crippen LogP contribution is 2.16. The van der Waals surface area contributed by atoms with Crippen molar-refractivity contribution in [3.63, 3.8) is 0 Å². The van der Waals surface area contributed by atoms with Crippen LogP contribution in [0.15, 0.2) is 30.3 Å². The summed E-state index contributed by atoms with van der Waals surface area (Å²) in [4.78, 5) is 24.5. The van der Waals surface area contributed by atoms with E-state index in [1.165, 1.54) is 11.8 Å². The molecule has 0 radical (unpaired) electrons. The van der Waals surface area contributed by atoms with Gasteiger partial charge in [-0.15, -0.1) is 0 Å². The van der Waals surface area contributed by atoms with Crippen LogP contribution in [0.2, 0.25) is 0 Å². The third-order valence-corrected chi connectivity index (χ3v) is 3.89. The van der Waals surface area contributed by atoms with E-state index in [1.54, 1.807) is 11.8 Å². The van der Waals surface area contributed by atoms with Crippen LogP contribution in [0.5, 0.6) is 0 Å². The largest absolute Gasteiger partial charge is 0.481 e. The molecule has 1 rings (SSSR count). The van der Waals surface area contributed by atoms with Crippen LogP contribution in [0.3, 0.4) is 0 Å². The Balaban J connectivity index is 2.49. The van der Waals surface area contributed by atoms with Crippen molar-refractivity contribution in [2.75, 3.05) is 23.0 Å². The van der Waals surface area contributed by atoms with Crippen molar-refractivity contribution in [2.45, 2.75) is 13.8 Å². The molecule has 0 saturated heterocycles. The van der Waals surface area contributed by atoms with Gasteiger partial charge in [-0.3, -0.25) is 9.59 Å². The average Bonchev–Trinajstić information content (AvgIpc) is 2.40. The molecule has 4 nitrogen and oxygen atoms in total. The predicted molar refractivity (Wildman–Crippen MR) is 78.6 cm³/mol. The van der Waals surface area contributed by atoms with E-state index in [2.05, 4.69) is 0 Å². The van der Waals surface area contributed by atoms with Crippen molar-refractivity contribution < 1.29 is 14.7 Å². The van der Waals surface area contributed by atoms with E-state index < -0.39 is 11.9 Å². The van der Waals surface area contributed by atoms with Crippen LogP contribution in [-0.2, 0) is 9.59 Å². The molecule has 0 heterocycles. The molecule has 1 aromatic rings. The number of nitrogens with zero attached hydrogens (tertiary/aromatic N) is 1. The van der Waals surface area contributed by atoms with Crippen molar-refractivity contribution in [3.05, 3.63) is 30.3 Å². The van der Waals surface area contributed by atoms with E-state index in [0.29, 0.717) is 18.1 Å². The Hall–Kier alpha value is -1.49. The van der Waals surface area contributed by atoms with Crippen molar-refractivity contribution >= 4 is 29.3 Å². The lowest BCUT2D eigenvalue weighted by Crippen LogP contribution is -2.32. The van der Waals surface area contributed by atoms with Gasteiger partial charge >= 0.3 is 5.97 Å². The molecule has 19 heavy (non-hydrogen) atoms. The molecule has 1 N–H and O–H groups in total. The number of para-hydroxylation sites is 1. The van der Waals surface area contributed by atoms with Crippen LogP contribution >= 0.6 is 11.8 Å². The Kier molecular flexibility index (Phi) is 6.42. The van der Waals surface area contributed by atoms with Crippen LogP contribution in [-0.4, -0.2) is 35.0 Å². The fourth-order valence-corrected chi connectivity index (χ4v) is 2.53. The van der Waals surface area contributed by atoms with Gasteiger partial charge in [0, 0.05) is 18.0 Å². The minimum atomic E-state index is -0.824. The number of thioether (sulfide) groups is 1. The lowest BCUT2D eigenvalue weighted by atomic mass is 10.2. The van der Waals surface area contributed by atoms with Crippen molar-refractivity contribution in [1.82, 2.24) is 0 Å². The molecule has 0 aliphatic carbocycles.